The van der Waals surface area contributed by atoms with Gasteiger partial charge in [0.1, 0.15) is 18.5 Å². The van der Waals surface area contributed by atoms with Crippen molar-refractivity contribution in [1.82, 2.24) is 0 Å². The smallest absolute Gasteiger partial charge is 0.332 e. The van der Waals surface area contributed by atoms with Crippen LogP contribution in [0, 0.1) is 34.0 Å². The molecule has 3 rings (SSSR count). The molecule has 0 radical (unpaired) electrons. The molecular formula is C21H35NO5. The first-order valence-electron chi connectivity index (χ1n) is 10.3. The molecule has 0 amide bonds. The zero-order valence-electron chi connectivity index (χ0n) is 17.0. The summed E-state index contributed by atoms with van der Waals surface area (Å²) in [6.45, 7) is 7.81. The molecule has 0 aromatic heterocycles. The molecule has 3 saturated carbocycles. The SMILES string of the molecule is C[C@@H]1CC[C@@]23CCC(=O)[C@H]2[C@]1(C)[C@H](OC(=O)CO)C[C@](C)(CN)[C@@H](O)[C@@H]3C. The number of ketones is 1. The normalized spacial score (nSPS) is 49.9. The van der Waals surface area contributed by atoms with E-state index in [0.717, 1.165) is 19.3 Å². The fraction of sp³-hybridized carbons (Fsp3) is 0.905. The Morgan fingerprint density at radius 2 is 1.96 bits per heavy atom. The van der Waals surface area contributed by atoms with E-state index in [1.807, 2.05) is 6.92 Å². The van der Waals surface area contributed by atoms with Gasteiger partial charge in [0.2, 0.25) is 0 Å². The molecule has 0 heterocycles. The van der Waals surface area contributed by atoms with E-state index in [1.165, 1.54) is 0 Å². The van der Waals surface area contributed by atoms with Gasteiger partial charge >= 0.3 is 5.97 Å². The third kappa shape index (κ3) is 2.78. The molecule has 6 heteroatoms. The number of ether oxygens (including phenoxy) is 1. The molecule has 154 valence electrons. The van der Waals surface area contributed by atoms with Crippen LogP contribution in [0.3, 0.4) is 0 Å². The van der Waals surface area contributed by atoms with Gasteiger partial charge in [0.25, 0.3) is 0 Å². The van der Waals surface area contributed by atoms with Crippen LogP contribution in [0.1, 0.15) is 59.8 Å². The van der Waals surface area contributed by atoms with E-state index in [9.17, 15) is 19.8 Å². The second-order valence-corrected chi connectivity index (χ2v) is 9.87. The molecule has 2 bridgehead atoms. The quantitative estimate of drug-likeness (QED) is 0.641. The number of aliphatic hydroxyl groups is 2. The molecule has 0 aromatic carbocycles. The summed E-state index contributed by atoms with van der Waals surface area (Å²) in [5.74, 6) is -0.554. The van der Waals surface area contributed by atoms with Crippen LogP contribution < -0.4 is 5.73 Å². The van der Waals surface area contributed by atoms with Gasteiger partial charge in [-0.1, -0.05) is 27.7 Å². The number of carbonyl (C=O) groups excluding carboxylic acids is 2. The van der Waals surface area contributed by atoms with Crippen molar-refractivity contribution in [1.29, 1.82) is 0 Å². The highest BCUT2D eigenvalue weighted by Gasteiger charge is 2.68. The Morgan fingerprint density at radius 1 is 1.30 bits per heavy atom. The first-order chi connectivity index (χ1) is 12.6. The Bertz CT molecular complexity index is 624. The van der Waals surface area contributed by atoms with Crippen molar-refractivity contribution < 1.29 is 24.5 Å². The summed E-state index contributed by atoms with van der Waals surface area (Å²) in [6, 6.07) is 0. The first-order valence-corrected chi connectivity index (χ1v) is 10.3. The summed E-state index contributed by atoms with van der Waals surface area (Å²) in [7, 11) is 0. The summed E-state index contributed by atoms with van der Waals surface area (Å²) in [4.78, 5) is 25.2. The Hall–Kier alpha value is -0.980. The predicted molar refractivity (Wildman–Crippen MR) is 101 cm³/mol. The van der Waals surface area contributed by atoms with E-state index in [1.54, 1.807) is 0 Å². The van der Waals surface area contributed by atoms with Gasteiger partial charge in [0.15, 0.2) is 0 Å². The molecule has 0 unspecified atom stereocenters. The standard InChI is InChI=1S/C21H35NO5/c1-12-5-7-21-8-6-14(24)17(21)20(12,4)15(27-16(25)10-23)9-19(3,11-22)18(26)13(21)2/h12-13,15,17-18,23,26H,5-11,22H2,1-4H3/t12-,13+,15-,17+,18+,19-,20+,21+/m1/s1. The maximum absolute atomic E-state index is 13.1. The third-order valence-electron chi connectivity index (χ3n) is 8.77. The molecule has 4 N–H and O–H groups in total. The maximum Gasteiger partial charge on any atom is 0.332 e. The first kappa shape index (κ1) is 20.7. The van der Waals surface area contributed by atoms with E-state index in [4.69, 9.17) is 10.5 Å². The summed E-state index contributed by atoms with van der Waals surface area (Å²) in [5.41, 5.74) is 4.68. The minimum absolute atomic E-state index is 0.0520. The highest BCUT2D eigenvalue weighted by Crippen LogP contribution is 2.67. The zero-order chi connectivity index (χ0) is 20.2. The lowest BCUT2D eigenvalue weighted by Crippen LogP contribution is -2.64. The fourth-order valence-electron chi connectivity index (χ4n) is 6.75. The van der Waals surface area contributed by atoms with E-state index < -0.39 is 35.6 Å². The molecule has 0 saturated heterocycles. The summed E-state index contributed by atoms with van der Waals surface area (Å²) >= 11 is 0. The van der Waals surface area contributed by atoms with Crippen LogP contribution in [0.5, 0.6) is 0 Å². The van der Waals surface area contributed by atoms with Crippen LogP contribution >= 0.6 is 0 Å². The second kappa shape index (κ2) is 6.82. The van der Waals surface area contributed by atoms with Gasteiger partial charge in [-0.25, -0.2) is 4.79 Å². The summed E-state index contributed by atoms with van der Waals surface area (Å²) < 4.78 is 5.76. The number of hydrogen-bond donors (Lipinski definition) is 3. The van der Waals surface area contributed by atoms with E-state index in [0.29, 0.717) is 12.8 Å². The molecular weight excluding hydrogens is 346 g/mol. The molecule has 3 aliphatic rings. The molecule has 8 atom stereocenters. The molecule has 27 heavy (non-hydrogen) atoms. The number of hydrogen-bond acceptors (Lipinski definition) is 6. The Labute approximate surface area is 161 Å². The van der Waals surface area contributed by atoms with Crippen molar-refractivity contribution >= 4 is 11.8 Å². The average Bonchev–Trinajstić information content (AvgIpc) is 3.00. The number of aliphatic hydroxyl groups excluding tert-OH is 2. The Morgan fingerprint density at radius 3 is 2.56 bits per heavy atom. The summed E-state index contributed by atoms with van der Waals surface area (Å²) in [5, 5.41) is 20.6. The Kier molecular flexibility index (Phi) is 5.24. The third-order valence-corrected chi connectivity index (χ3v) is 8.77. The summed E-state index contributed by atoms with van der Waals surface area (Å²) in [6.07, 6.45) is 2.28. The van der Waals surface area contributed by atoms with Crippen LogP contribution in [0.2, 0.25) is 0 Å². The molecule has 0 aliphatic heterocycles. The minimum atomic E-state index is -0.691. The van der Waals surface area contributed by atoms with Crippen LogP contribution in [0.15, 0.2) is 0 Å². The lowest BCUT2D eigenvalue weighted by Gasteiger charge is -2.62. The van der Waals surface area contributed by atoms with Crippen molar-refractivity contribution in [2.24, 2.45) is 39.7 Å². The number of esters is 1. The van der Waals surface area contributed by atoms with E-state index in [2.05, 4.69) is 20.8 Å². The number of carbonyl (C=O) groups is 2. The lowest BCUT2D eigenvalue weighted by atomic mass is 9.44. The molecule has 3 aliphatic carbocycles. The van der Waals surface area contributed by atoms with Gasteiger partial charge in [0, 0.05) is 29.7 Å². The van der Waals surface area contributed by atoms with E-state index in [-0.39, 0.29) is 35.5 Å². The van der Waals surface area contributed by atoms with E-state index >= 15 is 0 Å². The second-order valence-electron chi connectivity index (χ2n) is 9.87. The topological polar surface area (TPSA) is 110 Å². The van der Waals surface area contributed by atoms with Gasteiger partial charge in [-0.15, -0.1) is 0 Å². The van der Waals surface area contributed by atoms with Gasteiger partial charge in [-0.05, 0) is 42.9 Å². The largest absolute Gasteiger partial charge is 0.460 e. The fourth-order valence-corrected chi connectivity index (χ4v) is 6.75. The predicted octanol–water partition coefficient (Wildman–Crippen LogP) is 1.66. The van der Waals surface area contributed by atoms with Crippen molar-refractivity contribution in [2.45, 2.75) is 72.0 Å². The highest BCUT2D eigenvalue weighted by molar-refractivity contribution is 5.85. The van der Waals surface area contributed by atoms with Gasteiger partial charge in [0.05, 0.1) is 6.10 Å². The zero-order valence-corrected chi connectivity index (χ0v) is 17.0. The number of nitrogens with two attached hydrogens (primary N) is 1. The van der Waals surface area contributed by atoms with Gasteiger partial charge in [-0.2, -0.15) is 0 Å². The lowest BCUT2D eigenvalue weighted by molar-refractivity contribution is -0.211. The van der Waals surface area contributed by atoms with Gasteiger partial charge in [-0.3, -0.25) is 4.79 Å². The number of rotatable bonds is 3. The van der Waals surface area contributed by atoms with Crippen molar-refractivity contribution in [3.8, 4) is 0 Å². The van der Waals surface area contributed by atoms with Crippen molar-refractivity contribution in [3.63, 3.8) is 0 Å². The molecule has 3 fully saturated rings. The van der Waals surface area contributed by atoms with Crippen LogP contribution in [-0.4, -0.2) is 47.3 Å². The van der Waals surface area contributed by atoms with Crippen LogP contribution in [0.25, 0.3) is 0 Å². The van der Waals surface area contributed by atoms with Crippen LogP contribution in [-0.2, 0) is 14.3 Å². The van der Waals surface area contributed by atoms with Gasteiger partial charge < -0.3 is 20.7 Å². The average molecular weight is 382 g/mol. The van der Waals surface area contributed by atoms with Crippen molar-refractivity contribution in [2.75, 3.05) is 13.2 Å². The van der Waals surface area contributed by atoms with Crippen LogP contribution in [0.4, 0.5) is 0 Å². The highest BCUT2D eigenvalue weighted by atomic mass is 16.6. The molecule has 0 aromatic rings. The minimum Gasteiger partial charge on any atom is -0.460 e. The molecule has 6 nitrogen and oxygen atoms in total. The number of Topliss-reactive ketones (excluding diaryl/α,β-unsaturated/α-hetero) is 1. The maximum atomic E-state index is 13.1. The van der Waals surface area contributed by atoms with Crippen molar-refractivity contribution in [3.05, 3.63) is 0 Å². The Balaban J connectivity index is 2.19. The monoisotopic (exact) mass is 381 g/mol. The molecule has 0 spiro atoms.